The Morgan fingerprint density at radius 3 is 2.39 bits per heavy atom. The van der Waals surface area contributed by atoms with Crippen LogP contribution in [0.5, 0.6) is 0 Å². The summed E-state index contributed by atoms with van der Waals surface area (Å²) >= 11 is 0. The van der Waals surface area contributed by atoms with Crippen LogP contribution in [0.4, 0.5) is 0 Å². The van der Waals surface area contributed by atoms with Crippen LogP contribution >= 0.6 is 0 Å². The molecule has 1 fully saturated rings. The molecular weight excluding hydrogens is 236 g/mol. The van der Waals surface area contributed by atoms with Gasteiger partial charge in [-0.15, -0.1) is 0 Å². The molecule has 5 nitrogen and oxygen atoms in total. The quantitative estimate of drug-likeness (QED) is 0.349. The van der Waals surface area contributed by atoms with Crippen LogP contribution in [0.15, 0.2) is 12.2 Å². The highest BCUT2D eigenvalue weighted by Gasteiger charge is 2.65. The van der Waals surface area contributed by atoms with E-state index in [1.807, 2.05) is 0 Å². The second kappa shape index (κ2) is 6.00. The highest BCUT2D eigenvalue weighted by molar-refractivity contribution is 6.02. The average Bonchev–Trinajstić information content (AvgIpc) is 3.02. The number of hydrogen-bond donors (Lipinski definition) is 3. The molecular formula is C13H20O5. The molecule has 18 heavy (non-hydrogen) atoms. The number of aliphatic hydroxyl groups excluding tert-OH is 1. The van der Waals surface area contributed by atoms with Gasteiger partial charge < -0.3 is 15.3 Å². The van der Waals surface area contributed by atoms with Crippen LogP contribution in [-0.4, -0.2) is 33.4 Å². The van der Waals surface area contributed by atoms with Crippen molar-refractivity contribution in [2.24, 2.45) is 11.3 Å². The number of allylic oxidation sites excluding steroid dienone is 1. The second-order valence-electron chi connectivity index (χ2n) is 4.84. The first kappa shape index (κ1) is 14.7. The highest BCUT2D eigenvalue weighted by atomic mass is 16.4. The van der Waals surface area contributed by atoms with E-state index in [-0.39, 0.29) is 6.42 Å². The normalized spacial score (nSPS) is 22.9. The zero-order chi connectivity index (χ0) is 13.8. The number of carboxylic acids is 2. The molecule has 1 saturated carbocycles. The number of rotatable bonds is 8. The van der Waals surface area contributed by atoms with Gasteiger partial charge in [0.15, 0.2) is 5.41 Å². The van der Waals surface area contributed by atoms with Crippen molar-refractivity contribution in [2.45, 2.75) is 45.1 Å². The largest absolute Gasteiger partial charge is 0.480 e. The summed E-state index contributed by atoms with van der Waals surface area (Å²) in [7, 11) is 0. The van der Waals surface area contributed by atoms with Crippen molar-refractivity contribution in [3.8, 4) is 0 Å². The number of aliphatic hydroxyl groups is 1. The van der Waals surface area contributed by atoms with Crippen LogP contribution in [-0.2, 0) is 9.59 Å². The third kappa shape index (κ3) is 3.10. The SMILES string of the molecule is CCCCCC(O)/C=C/C1CC1(C(=O)O)C(=O)O. The van der Waals surface area contributed by atoms with Gasteiger partial charge >= 0.3 is 11.9 Å². The summed E-state index contributed by atoms with van der Waals surface area (Å²) in [5.41, 5.74) is -1.67. The van der Waals surface area contributed by atoms with Crippen LogP contribution in [0.2, 0.25) is 0 Å². The minimum absolute atomic E-state index is 0.107. The summed E-state index contributed by atoms with van der Waals surface area (Å²) in [5, 5.41) is 27.4. The van der Waals surface area contributed by atoms with E-state index in [0.29, 0.717) is 6.42 Å². The van der Waals surface area contributed by atoms with E-state index in [1.165, 1.54) is 12.2 Å². The molecule has 0 radical (unpaired) electrons. The molecule has 0 heterocycles. The molecule has 0 spiro atoms. The lowest BCUT2D eigenvalue weighted by Gasteiger charge is -2.05. The topological polar surface area (TPSA) is 94.8 Å². The van der Waals surface area contributed by atoms with Crippen molar-refractivity contribution in [2.75, 3.05) is 0 Å². The number of carbonyl (C=O) groups is 2. The lowest BCUT2D eigenvalue weighted by Crippen LogP contribution is -2.27. The molecule has 0 aliphatic heterocycles. The predicted octanol–water partition coefficient (Wildman–Crippen LogP) is 1.66. The molecule has 3 N–H and O–H groups in total. The van der Waals surface area contributed by atoms with E-state index in [2.05, 4.69) is 6.92 Å². The Balaban J connectivity index is 2.45. The molecule has 1 rings (SSSR count). The van der Waals surface area contributed by atoms with E-state index in [1.54, 1.807) is 0 Å². The van der Waals surface area contributed by atoms with E-state index in [4.69, 9.17) is 10.2 Å². The maximum absolute atomic E-state index is 10.9. The molecule has 0 amide bonds. The lowest BCUT2D eigenvalue weighted by molar-refractivity contribution is -0.157. The van der Waals surface area contributed by atoms with Crippen LogP contribution in [0.25, 0.3) is 0 Å². The fraction of sp³-hybridized carbons (Fsp3) is 0.692. The first-order valence-corrected chi connectivity index (χ1v) is 6.28. The Kier molecular flexibility index (Phi) is 4.90. The van der Waals surface area contributed by atoms with Crippen LogP contribution in [0.1, 0.15) is 39.0 Å². The number of carboxylic acid groups (broad SMARTS) is 2. The second-order valence-corrected chi connectivity index (χ2v) is 4.84. The van der Waals surface area contributed by atoms with Gasteiger partial charge in [-0.1, -0.05) is 38.3 Å². The molecule has 0 aromatic rings. The van der Waals surface area contributed by atoms with Gasteiger partial charge in [-0.3, -0.25) is 9.59 Å². The van der Waals surface area contributed by atoms with Gasteiger partial charge in [0.1, 0.15) is 0 Å². The van der Waals surface area contributed by atoms with E-state index >= 15 is 0 Å². The van der Waals surface area contributed by atoms with Crippen molar-refractivity contribution in [1.82, 2.24) is 0 Å². The van der Waals surface area contributed by atoms with Gasteiger partial charge in [-0.05, 0) is 12.8 Å². The van der Waals surface area contributed by atoms with Crippen molar-refractivity contribution < 1.29 is 24.9 Å². The summed E-state index contributed by atoms with van der Waals surface area (Å²) < 4.78 is 0. The molecule has 0 aromatic carbocycles. The molecule has 2 atom stereocenters. The summed E-state index contributed by atoms with van der Waals surface area (Å²) in [5.74, 6) is -3.11. The maximum Gasteiger partial charge on any atom is 0.321 e. The molecule has 0 saturated heterocycles. The molecule has 2 unspecified atom stereocenters. The highest BCUT2D eigenvalue weighted by Crippen LogP contribution is 2.54. The van der Waals surface area contributed by atoms with Crippen molar-refractivity contribution in [1.29, 1.82) is 0 Å². The number of hydrogen-bond acceptors (Lipinski definition) is 3. The molecule has 1 aliphatic rings. The van der Waals surface area contributed by atoms with Crippen LogP contribution in [0, 0.1) is 11.3 Å². The Labute approximate surface area is 106 Å². The van der Waals surface area contributed by atoms with Gasteiger partial charge in [0.2, 0.25) is 0 Å². The predicted molar refractivity (Wildman–Crippen MR) is 65.1 cm³/mol. The smallest absolute Gasteiger partial charge is 0.321 e. The van der Waals surface area contributed by atoms with Gasteiger partial charge in [0, 0.05) is 5.92 Å². The molecule has 0 aromatic heterocycles. The summed E-state index contributed by atoms with van der Waals surface area (Å²) in [6, 6.07) is 0. The van der Waals surface area contributed by atoms with Crippen molar-refractivity contribution in [3.05, 3.63) is 12.2 Å². The molecule has 102 valence electrons. The van der Waals surface area contributed by atoms with Gasteiger partial charge in [-0.25, -0.2) is 0 Å². The van der Waals surface area contributed by atoms with E-state index < -0.39 is 29.4 Å². The van der Waals surface area contributed by atoms with Gasteiger partial charge in [-0.2, -0.15) is 0 Å². The zero-order valence-corrected chi connectivity index (χ0v) is 10.5. The number of unbranched alkanes of at least 4 members (excludes halogenated alkanes) is 2. The van der Waals surface area contributed by atoms with Gasteiger partial charge in [0.25, 0.3) is 0 Å². The Hall–Kier alpha value is -1.36. The summed E-state index contributed by atoms with van der Waals surface area (Å²) in [4.78, 5) is 21.8. The molecule has 5 heteroatoms. The van der Waals surface area contributed by atoms with Gasteiger partial charge in [0.05, 0.1) is 6.10 Å². The van der Waals surface area contributed by atoms with Crippen LogP contribution in [0.3, 0.4) is 0 Å². The number of aliphatic carboxylic acids is 2. The average molecular weight is 256 g/mol. The monoisotopic (exact) mass is 256 g/mol. The molecule has 0 bridgehead atoms. The fourth-order valence-corrected chi connectivity index (χ4v) is 2.07. The summed E-state index contributed by atoms with van der Waals surface area (Å²) in [6.45, 7) is 2.07. The Morgan fingerprint density at radius 2 is 1.94 bits per heavy atom. The zero-order valence-electron chi connectivity index (χ0n) is 10.5. The maximum atomic E-state index is 10.9. The lowest BCUT2D eigenvalue weighted by atomic mass is 10.0. The fourth-order valence-electron chi connectivity index (χ4n) is 2.07. The van der Waals surface area contributed by atoms with Crippen LogP contribution < -0.4 is 0 Å². The Bertz CT molecular complexity index is 333. The third-order valence-electron chi connectivity index (χ3n) is 3.45. The third-order valence-corrected chi connectivity index (χ3v) is 3.45. The summed E-state index contributed by atoms with van der Waals surface area (Å²) in [6.07, 6.45) is 6.20. The molecule has 1 aliphatic carbocycles. The first-order chi connectivity index (χ1) is 8.45. The Morgan fingerprint density at radius 1 is 1.33 bits per heavy atom. The van der Waals surface area contributed by atoms with Crippen molar-refractivity contribution >= 4 is 11.9 Å². The minimum Gasteiger partial charge on any atom is -0.480 e. The van der Waals surface area contributed by atoms with Crippen molar-refractivity contribution in [3.63, 3.8) is 0 Å². The van der Waals surface area contributed by atoms with E-state index in [9.17, 15) is 14.7 Å². The standard InChI is InChI=1S/C13H20O5/c1-2-3-4-5-10(14)7-6-9-8-13(9,11(15)16)12(17)18/h6-7,9-10,14H,2-5,8H2,1H3,(H,15,16)(H,17,18)/b7-6+. The van der Waals surface area contributed by atoms with E-state index in [0.717, 1.165) is 19.3 Å². The minimum atomic E-state index is -1.67. The first-order valence-electron chi connectivity index (χ1n) is 6.28.